The summed E-state index contributed by atoms with van der Waals surface area (Å²) in [5.41, 5.74) is 0.273. The van der Waals surface area contributed by atoms with Crippen molar-refractivity contribution in [3.63, 3.8) is 0 Å². The molecule has 0 saturated heterocycles. The van der Waals surface area contributed by atoms with E-state index in [1.807, 2.05) is 26.0 Å². The van der Waals surface area contributed by atoms with Gasteiger partial charge in [0, 0.05) is 19.8 Å². The Labute approximate surface area is 102 Å². The summed E-state index contributed by atoms with van der Waals surface area (Å²) in [6, 6.07) is 3.09. The second-order valence-corrected chi connectivity index (χ2v) is 4.29. The molecule has 1 N–H and O–H groups in total. The molecule has 0 spiro atoms. The number of rotatable bonds is 6. The molecule has 0 unspecified atom stereocenters. The van der Waals surface area contributed by atoms with Crippen molar-refractivity contribution in [2.45, 2.75) is 6.42 Å². The highest BCUT2D eigenvalue weighted by atomic mass is 16.4. The van der Waals surface area contributed by atoms with E-state index in [-0.39, 0.29) is 5.56 Å². The summed E-state index contributed by atoms with van der Waals surface area (Å²) in [7, 11) is 5.98. The molecule has 0 radical (unpaired) electrons. The minimum Gasteiger partial charge on any atom is -0.478 e. The molecule has 5 nitrogen and oxygen atoms in total. The van der Waals surface area contributed by atoms with E-state index in [2.05, 4.69) is 9.88 Å². The van der Waals surface area contributed by atoms with E-state index >= 15 is 0 Å². The van der Waals surface area contributed by atoms with Crippen LogP contribution in [-0.2, 0) is 0 Å². The van der Waals surface area contributed by atoms with Crippen molar-refractivity contribution in [1.29, 1.82) is 0 Å². The Bertz CT molecular complexity index is 380. The third kappa shape index (κ3) is 4.40. The summed E-state index contributed by atoms with van der Waals surface area (Å²) in [6.07, 6.45) is 2.55. The van der Waals surface area contributed by atoms with Crippen molar-refractivity contribution >= 4 is 11.8 Å². The lowest BCUT2D eigenvalue weighted by Crippen LogP contribution is -2.24. The van der Waals surface area contributed by atoms with Crippen molar-refractivity contribution in [3.05, 3.63) is 23.9 Å². The molecule has 0 aliphatic carbocycles. The number of carboxylic acid groups (broad SMARTS) is 1. The van der Waals surface area contributed by atoms with E-state index in [1.165, 1.54) is 12.3 Å². The van der Waals surface area contributed by atoms with Crippen molar-refractivity contribution in [2.24, 2.45) is 0 Å². The van der Waals surface area contributed by atoms with Crippen molar-refractivity contribution < 1.29 is 9.90 Å². The molecule has 5 heteroatoms. The van der Waals surface area contributed by atoms with Gasteiger partial charge in [-0.1, -0.05) is 0 Å². The van der Waals surface area contributed by atoms with Gasteiger partial charge in [0.2, 0.25) is 0 Å². The lowest BCUT2D eigenvalue weighted by atomic mass is 10.2. The zero-order chi connectivity index (χ0) is 12.8. The van der Waals surface area contributed by atoms with Gasteiger partial charge >= 0.3 is 5.97 Å². The van der Waals surface area contributed by atoms with Crippen LogP contribution in [0.4, 0.5) is 5.82 Å². The Hall–Kier alpha value is -1.62. The van der Waals surface area contributed by atoms with E-state index in [0.29, 0.717) is 5.82 Å². The smallest absolute Gasteiger partial charge is 0.335 e. The van der Waals surface area contributed by atoms with Crippen LogP contribution in [0.15, 0.2) is 18.3 Å². The minimum absolute atomic E-state index is 0.273. The van der Waals surface area contributed by atoms with E-state index in [1.54, 1.807) is 6.07 Å². The minimum atomic E-state index is -0.921. The second-order valence-electron chi connectivity index (χ2n) is 4.29. The molecule has 0 fully saturated rings. The van der Waals surface area contributed by atoms with Crippen LogP contribution in [0.1, 0.15) is 16.8 Å². The maximum absolute atomic E-state index is 10.8. The molecule has 1 aromatic heterocycles. The largest absolute Gasteiger partial charge is 0.478 e. The van der Waals surface area contributed by atoms with Gasteiger partial charge in [0.25, 0.3) is 0 Å². The number of nitrogens with zero attached hydrogens (tertiary/aromatic N) is 3. The fraction of sp³-hybridized carbons (Fsp3) is 0.500. The molecule has 0 bridgehead atoms. The normalized spacial score (nSPS) is 10.6. The van der Waals surface area contributed by atoms with Crippen LogP contribution in [-0.4, -0.2) is 55.2 Å². The Balaban J connectivity index is 2.59. The first kappa shape index (κ1) is 13.4. The lowest BCUT2D eigenvalue weighted by Gasteiger charge is -2.19. The van der Waals surface area contributed by atoms with E-state index in [9.17, 15) is 4.79 Å². The van der Waals surface area contributed by atoms with Crippen molar-refractivity contribution in [2.75, 3.05) is 39.1 Å². The first-order chi connectivity index (χ1) is 8.00. The third-order valence-corrected chi connectivity index (χ3v) is 2.48. The predicted molar refractivity (Wildman–Crippen MR) is 67.6 cm³/mol. The number of hydrogen-bond acceptors (Lipinski definition) is 4. The Morgan fingerprint density at radius 3 is 2.65 bits per heavy atom. The Morgan fingerprint density at radius 1 is 1.35 bits per heavy atom. The maximum atomic E-state index is 10.8. The van der Waals surface area contributed by atoms with Gasteiger partial charge in [-0.3, -0.25) is 0 Å². The van der Waals surface area contributed by atoms with Crippen molar-refractivity contribution in [1.82, 2.24) is 9.88 Å². The van der Waals surface area contributed by atoms with Crippen molar-refractivity contribution in [3.8, 4) is 0 Å². The fourth-order valence-corrected chi connectivity index (χ4v) is 1.50. The third-order valence-electron chi connectivity index (χ3n) is 2.48. The predicted octanol–water partition coefficient (Wildman–Crippen LogP) is 1.17. The highest BCUT2D eigenvalue weighted by Gasteiger charge is 2.07. The molecule has 0 aliphatic rings. The first-order valence-electron chi connectivity index (χ1n) is 5.56. The number of hydrogen-bond donors (Lipinski definition) is 1. The van der Waals surface area contributed by atoms with Gasteiger partial charge in [-0.25, -0.2) is 9.78 Å². The zero-order valence-electron chi connectivity index (χ0n) is 10.6. The molecule has 0 atom stereocenters. The average Bonchev–Trinajstić information content (AvgIpc) is 2.28. The standard InChI is InChI=1S/C12H19N3O2/c1-14(2)7-4-8-15(3)11-9-10(12(16)17)5-6-13-11/h5-6,9H,4,7-8H2,1-3H3,(H,16,17). The molecule has 0 aliphatic heterocycles. The lowest BCUT2D eigenvalue weighted by molar-refractivity contribution is 0.0697. The van der Waals surface area contributed by atoms with Crippen LogP contribution < -0.4 is 4.90 Å². The van der Waals surface area contributed by atoms with Gasteiger partial charge in [0.05, 0.1) is 5.56 Å². The van der Waals surface area contributed by atoms with Gasteiger partial charge in [-0.15, -0.1) is 0 Å². The summed E-state index contributed by atoms with van der Waals surface area (Å²) < 4.78 is 0. The quantitative estimate of drug-likeness (QED) is 0.804. The van der Waals surface area contributed by atoms with Crippen LogP contribution >= 0.6 is 0 Å². The number of aromatic nitrogens is 1. The summed E-state index contributed by atoms with van der Waals surface area (Å²) >= 11 is 0. The van der Waals surface area contributed by atoms with E-state index in [4.69, 9.17) is 5.11 Å². The number of carbonyl (C=O) groups is 1. The molecular formula is C12H19N3O2. The molecule has 0 aromatic carbocycles. The average molecular weight is 237 g/mol. The van der Waals surface area contributed by atoms with Crippen LogP contribution in [0.25, 0.3) is 0 Å². The van der Waals surface area contributed by atoms with E-state index in [0.717, 1.165) is 19.5 Å². The Kier molecular flexibility index (Phi) is 4.90. The number of anilines is 1. The maximum Gasteiger partial charge on any atom is 0.335 e. The van der Waals surface area contributed by atoms with Gasteiger partial charge in [-0.05, 0) is 39.2 Å². The molecule has 0 amide bonds. The Morgan fingerprint density at radius 2 is 2.06 bits per heavy atom. The van der Waals surface area contributed by atoms with Gasteiger partial charge in [0.1, 0.15) is 5.82 Å². The van der Waals surface area contributed by atoms with Gasteiger partial charge < -0.3 is 14.9 Å². The number of aromatic carboxylic acids is 1. The number of carboxylic acids is 1. The molecular weight excluding hydrogens is 218 g/mol. The van der Waals surface area contributed by atoms with Gasteiger partial charge in [0.15, 0.2) is 0 Å². The van der Waals surface area contributed by atoms with Crippen LogP contribution in [0, 0.1) is 0 Å². The molecule has 0 saturated carbocycles. The summed E-state index contributed by atoms with van der Waals surface area (Å²) in [5.74, 6) is -0.223. The summed E-state index contributed by atoms with van der Waals surface area (Å²) in [6.45, 7) is 1.86. The van der Waals surface area contributed by atoms with Crippen LogP contribution in [0.2, 0.25) is 0 Å². The first-order valence-corrected chi connectivity index (χ1v) is 5.56. The van der Waals surface area contributed by atoms with Gasteiger partial charge in [-0.2, -0.15) is 0 Å². The summed E-state index contributed by atoms with van der Waals surface area (Å²) in [5, 5.41) is 8.89. The molecule has 1 aromatic rings. The van der Waals surface area contributed by atoms with Crippen LogP contribution in [0.5, 0.6) is 0 Å². The second kappa shape index (κ2) is 6.20. The molecule has 1 rings (SSSR count). The molecule has 94 valence electrons. The summed E-state index contributed by atoms with van der Waals surface area (Å²) in [4.78, 5) is 19.1. The van der Waals surface area contributed by atoms with E-state index < -0.39 is 5.97 Å². The van der Waals surface area contributed by atoms with Crippen LogP contribution in [0.3, 0.4) is 0 Å². The molecule has 1 heterocycles. The monoisotopic (exact) mass is 237 g/mol. The SMILES string of the molecule is CN(C)CCCN(C)c1cc(C(=O)O)ccn1. The highest BCUT2D eigenvalue weighted by Crippen LogP contribution is 2.11. The highest BCUT2D eigenvalue weighted by molar-refractivity contribution is 5.88. The number of pyridine rings is 1. The fourth-order valence-electron chi connectivity index (χ4n) is 1.50. The molecule has 17 heavy (non-hydrogen) atoms. The topological polar surface area (TPSA) is 56.7 Å². The zero-order valence-corrected chi connectivity index (χ0v) is 10.6.